The first kappa shape index (κ1) is 16.4. The van der Waals surface area contributed by atoms with Gasteiger partial charge in [0, 0.05) is 25.7 Å². The summed E-state index contributed by atoms with van der Waals surface area (Å²) in [6, 6.07) is 7.48. The number of aryl methyl sites for hydroxylation is 1. The zero-order chi connectivity index (χ0) is 16.2. The SMILES string of the molecule is c1cc2c(cc1OCCN1CCOCC1)CCCC2N1CCCC1. The molecule has 1 aliphatic carbocycles. The van der Waals surface area contributed by atoms with Crippen molar-refractivity contribution in [1.29, 1.82) is 0 Å². The first-order chi connectivity index (χ1) is 11.9. The monoisotopic (exact) mass is 330 g/mol. The van der Waals surface area contributed by atoms with Gasteiger partial charge in [0.15, 0.2) is 0 Å². The Morgan fingerprint density at radius 3 is 2.71 bits per heavy atom. The summed E-state index contributed by atoms with van der Waals surface area (Å²) in [5, 5.41) is 0. The van der Waals surface area contributed by atoms with Crippen molar-refractivity contribution in [2.45, 2.75) is 38.1 Å². The van der Waals surface area contributed by atoms with Crippen LogP contribution in [-0.4, -0.2) is 62.3 Å². The fraction of sp³-hybridized carbons (Fsp3) is 0.700. The Morgan fingerprint density at radius 2 is 1.88 bits per heavy atom. The first-order valence-corrected chi connectivity index (χ1v) is 9.70. The van der Waals surface area contributed by atoms with Crippen LogP contribution in [0.15, 0.2) is 18.2 Å². The maximum Gasteiger partial charge on any atom is 0.119 e. The highest BCUT2D eigenvalue weighted by Crippen LogP contribution is 2.37. The van der Waals surface area contributed by atoms with Crippen molar-refractivity contribution in [3.05, 3.63) is 29.3 Å². The topological polar surface area (TPSA) is 24.9 Å². The third-order valence-corrected chi connectivity index (χ3v) is 5.76. The van der Waals surface area contributed by atoms with E-state index in [4.69, 9.17) is 9.47 Å². The fourth-order valence-electron chi connectivity index (χ4n) is 4.40. The van der Waals surface area contributed by atoms with Gasteiger partial charge in [-0.3, -0.25) is 9.80 Å². The van der Waals surface area contributed by atoms with E-state index in [-0.39, 0.29) is 0 Å². The van der Waals surface area contributed by atoms with Crippen molar-refractivity contribution in [3.8, 4) is 5.75 Å². The van der Waals surface area contributed by atoms with Crippen LogP contribution in [0.5, 0.6) is 5.75 Å². The molecule has 132 valence electrons. The van der Waals surface area contributed by atoms with Crippen LogP contribution in [0.3, 0.4) is 0 Å². The standard InChI is InChI=1S/C20H30N2O2/c1-2-9-22(8-1)20-5-3-4-17-16-18(6-7-19(17)20)24-15-12-21-10-13-23-14-11-21/h6-7,16,20H,1-5,8-15H2. The summed E-state index contributed by atoms with van der Waals surface area (Å²) in [4.78, 5) is 5.11. The maximum atomic E-state index is 6.04. The molecule has 2 heterocycles. The average Bonchev–Trinajstić information content (AvgIpc) is 3.16. The van der Waals surface area contributed by atoms with Crippen LogP contribution in [-0.2, 0) is 11.2 Å². The lowest BCUT2D eigenvalue weighted by Gasteiger charge is -2.33. The van der Waals surface area contributed by atoms with Crippen LogP contribution >= 0.6 is 0 Å². The lowest BCUT2D eigenvalue weighted by molar-refractivity contribution is 0.0322. The molecule has 3 aliphatic rings. The molecular formula is C20H30N2O2. The van der Waals surface area contributed by atoms with Crippen molar-refractivity contribution in [2.24, 2.45) is 0 Å². The summed E-state index contributed by atoms with van der Waals surface area (Å²) in [6.45, 7) is 8.11. The van der Waals surface area contributed by atoms with Crippen LogP contribution < -0.4 is 4.74 Å². The smallest absolute Gasteiger partial charge is 0.119 e. The van der Waals surface area contributed by atoms with Gasteiger partial charge in [-0.25, -0.2) is 0 Å². The zero-order valence-electron chi connectivity index (χ0n) is 14.7. The molecule has 1 atom stereocenters. The van der Waals surface area contributed by atoms with Crippen molar-refractivity contribution in [1.82, 2.24) is 9.80 Å². The number of benzene rings is 1. The molecule has 2 fully saturated rings. The third kappa shape index (κ3) is 3.76. The molecule has 0 radical (unpaired) electrons. The second kappa shape index (κ2) is 7.85. The fourth-order valence-corrected chi connectivity index (χ4v) is 4.40. The van der Waals surface area contributed by atoms with Gasteiger partial charge in [0.2, 0.25) is 0 Å². The number of fused-ring (bicyclic) bond motifs is 1. The molecule has 4 nitrogen and oxygen atoms in total. The number of morpholine rings is 1. The van der Waals surface area contributed by atoms with Gasteiger partial charge in [0.1, 0.15) is 12.4 Å². The molecular weight excluding hydrogens is 300 g/mol. The number of likely N-dealkylation sites (tertiary alicyclic amines) is 1. The Kier molecular flexibility index (Phi) is 5.36. The van der Waals surface area contributed by atoms with Crippen LogP contribution in [0.25, 0.3) is 0 Å². The van der Waals surface area contributed by atoms with Crippen LogP contribution in [0, 0.1) is 0 Å². The molecule has 0 bridgehead atoms. The zero-order valence-corrected chi connectivity index (χ0v) is 14.7. The summed E-state index contributed by atoms with van der Waals surface area (Å²) in [7, 11) is 0. The Bertz CT molecular complexity index is 536. The Balaban J connectivity index is 1.35. The van der Waals surface area contributed by atoms with E-state index in [1.54, 1.807) is 5.56 Å². The molecule has 4 rings (SSSR count). The largest absolute Gasteiger partial charge is 0.492 e. The van der Waals surface area contributed by atoms with E-state index in [0.29, 0.717) is 6.04 Å². The van der Waals surface area contributed by atoms with Gasteiger partial charge in [-0.2, -0.15) is 0 Å². The van der Waals surface area contributed by atoms with Gasteiger partial charge < -0.3 is 9.47 Å². The number of hydrogen-bond acceptors (Lipinski definition) is 4. The summed E-state index contributed by atoms with van der Waals surface area (Å²) < 4.78 is 11.4. The Labute approximate surface area is 145 Å². The molecule has 1 aromatic carbocycles. The second-order valence-electron chi connectivity index (χ2n) is 7.31. The summed E-state index contributed by atoms with van der Waals surface area (Å²) in [5.41, 5.74) is 3.07. The molecule has 4 heteroatoms. The molecule has 0 N–H and O–H groups in total. The number of ether oxygens (including phenoxy) is 2. The van der Waals surface area contributed by atoms with E-state index in [2.05, 4.69) is 28.0 Å². The lowest BCUT2D eigenvalue weighted by Crippen LogP contribution is -2.38. The average molecular weight is 330 g/mol. The molecule has 0 spiro atoms. The summed E-state index contributed by atoms with van der Waals surface area (Å²) in [5.74, 6) is 1.05. The molecule has 1 unspecified atom stereocenters. The molecule has 0 aromatic heterocycles. The van der Waals surface area contributed by atoms with Crippen molar-refractivity contribution >= 4 is 0 Å². The van der Waals surface area contributed by atoms with E-state index in [0.717, 1.165) is 45.2 Å². The van der Waals surface area contributed by atoms with Gasteiger partial charge >= 0.3 is 0 Å². The number of rotatable bonds is 5. The molecule has 24 heavy (non-hydrogen) atoms. The minimum Gasteiger partial charge on any atom is -0.492 e. The quantitative estimate of drug-likeness (QED) is 0.829. The minimum absolute atomic E-state index is 0.652. The van der Waals surface area contributed by atoms with Gasteiger partial charge in [-0.05, 0) is 68.5 Å². The van der Waals surface area contributed by atoms with Crippen molar-refractivity contribution in [2.75, 3.05) is 52.5 Å². The first-order valence-electron chi connectivity index (χ1n) is 9.70. The third-order valence-electron chi connectivity index (χ3n) is 5.76. The normalized spacial score (nSPS) is 25.6. The van der Waals surface area contributed by atoms with Gasteiger partial charge in [0.25, 0.3) is 0 Å². The highest BCUT2D eigenvalue weighted by molar-refractivity contribution is 5.39. The molecule has 0 amide bonds. The Morgan fingerprint density at radius 1 is 1.04 bits per heavy atom. The maximum absolute atomic E-state index is 6.04. The van der Waals surface area contributed by atoms with Crippen LogP contribution in [0.1, 0.15) is 42.9 Å². The van der Waals surface area contributed by atoms with Gasteiger partial charge in [-0.15, -0.1) is 0 Å². The van der Waals surface area contributed by atoms with E-state index in [1.807, 2.05) is 0 Å². The number of hydrogen-bond donors (Lipinski definition) is 0. The highest BCUT2D eigenvalue weighted by Gasteiger charge is 2.27. The predicted molar refractivity (Wildman–Crippen MR) is 95.7 cm³/mol. The van der Waals surface area contributed by atoms with Crippen molar-refractivity contribution in [3.63, 3.8) is 0 Å². The summed E-state index contributed by atoms with van der Waals surface area (Å²) >= 11 is 0. The predicted octanol–water partition coefficient (Wildman–Crippen LogP) is 2.87. The minimum atomic E-state index is 0.652. The van der Waals surface area contributed by atoms with E-state index >= 15 is 0 Å². The van der Waals surface area contributed by atoms with Crippen LogP contribution in [0.2, 0.25) is 0 Å². The van der Waals surface area contributed by atoms with E-state index in [9.17, 15) is 0 Å². The molecule has 2 aliphatic heterocycles. The van der Waals surface area contributed by atoms with Gasteiger partial charge in [-0.1, -0.05) is 6.07 Å². The van der Waals surface area contributed by atoms with Gasteiger partial charge in [0.05, 0.1) is 13.2 Å². The van der Waals surface area contributed by atoms with E-state index in [1.165, 1.54) is 50.8 Å². The lowest BCUT2D eigenvalue weighted by atomic mass is 9.86. The molecule has 1 aromatic rings. The number of nitrogens with zero attached hydrogens (tertiary/aromatic N) is 2. The van der Waals surface area contributed by atoms with Crippen LogP contribution in [0.4, 0.5) is 0 Å². The van der Waals surface area contributed by atoms with E-state index < -0.39 is 0 Å². The molecule has 2 saturated heterocycles. The highest BCUT2D eigenvalue weighted by atomic mass is 16.5. The Hall–Kier alpha value is -1.10. The van der Waals surface area contributed by atoms with Crippen molar-refractivity contribution < 1.29 is 9.47 Å². The second-order valence-corrected chi connectivity index (χ2v) is 7.31. The summed E-state index contributed by atoms with van der Waals surface area (Å²) in [6.07, 6.45) is 6.58. The molecule has 0 saturated carbocycles.